The molecule has 30 heavy (non-hydrogen) atoms. The SMILES string of the molecule is CC(C)c1ccc(OCc2nnc(SCc3ccn(-c4ccccc4)n3)n2N)cc1. The summed E-state index contributed by atoms with van der Waals surface area (Å²) in [6.45, 7) is 4.59. The van der Waals surface area contributed by atoms with Gasteiger partial charge in [0.05, 0.1) is 11.4 Å². The average Bonchev–Trinajstić information content (AvgIpc) is 3.38. The van der Waals surface area contributed by atoms with Crippen LogP contribution in [-0.4, -0.2) is 24.7 Å². The van der Waals surface area contributed by atoms with Gasteiger partial charge in [-0.25, -0.2) is 9.36 Å². The van der Waals surface area contributed by atoms with Crippen LogP contribution in [0, 0.1) is 0 Å². The molecule has 0 aliphatic rings. The zero-order chi connectivity index (χ0) is 20.9. The largest absolute Gasteiger partial charge is 0.486 e. The highest BCUT2D eigenvalue weighted by Crippen LogP contribution is 2.22. The summed E-state index contributed by atoms with van der Waals surface area (Å²) in [5, 5.41) is 13.6. The van der Waals surface area contributed by atoms with Crippen molar-refractivity contribution in [3.05, 3.63) is 83.9 Å². The molecule has 4 aromatic rings. The molecule has 0 radical (unpaired) electrons. The minimum Gasteiger partial charge on any atom is -0.486 e. The summed E-state index contributed by atoms with van der Waals surface area (Å²) >= 11 is 1.49. The van der Waals surface area contributed by atoms with E-state index >= 15 is 0 Å². The van der Waals surface area contributed by atoms with Gasteiger partial charge in [-0.15, -0.1) is 10.2 Å². The molecule has 0 spiro atoms. The van der Waals surface area contributed by atoms with E-state index in [0.717, 1.165) is 17.1 Å². The van der Waals surface area contributed by atoms with Gasteiger partial charge in [0.2, 0.25) is 5.16 Å². The first-order valence-corrected chi connectivity index (χ1v) is 10.7. The normalized spacial score (nSPS) is 11.2. The van der Waals surface area contributed by atoms with Gasteiger partial charge in [-0.3, -0.25) is 0 Å². The van der Waals surface area contributed by atoms with E-state index in [1.165, 1.54) is 22.0 Å². The number of ether oxygens (including phenoxy) is 1. The molecule has 154 valence electrons. The number of hydrogen-bond acceptors (Lipinski definition) is 6. The van der Waals surface area contributed by atoms with Crippen LogP contribution in [-0.2, 0) is 12.4 Å². The lowest BCUT2D eigenvalue weighted by Crippen LogP contribution is -2.15. The lowest BCUT2D eigenvalue weighted by atomic mass is 10.0. The Hall–Kier alpha value is -3.26. The lowest BCUT2D eigenvalue weighted by Gasteiger charge is -2.08. The van der Waals surface area contributed by atoms with Crippen molar-refractivity contribution in [1.82, 2.24) is 24.7 Å². The first kappa shape index (κ1) is 20.0. The second-order valence-electron chi connectivity index (χ2n) is 7.16. The summed E-state index contributed by atoms with van der Waals surface area (Å²) in [7, 11) is 0. The molecular formula is C22H24N6OS. The number of thioether (sulfide) groups is 1. The number of nitrogens with two attached hydrogens (primary N) is 1. The van der Waals surface area contributed by atoms with Gasteiger partial charge in [0.15, 0.2) is 5.82 Å². The number of hydrogen-bond donors (Lipinski definition) is 1. The first-order chi connectivity index (χ1) is 14.6. The van der Waals surface area contributed by atoms with Crippen LogP contribution in [0.5, 0.6) is 5.75 Å². The van der Waals surface area contributed by atoms with E-state index < -0.39 is 0 Å². The van der Waals surface area contributed by atoms with E-state index in [0.29, 0.717) is 22.7 Å². The van der Waals surface area contributed by atoms with Gasteiger partial charge in [-0.1, -0.05) is 55.9 Å². The topological polar surface area (TPSA) is 83.8 Å². The molecule has 2 N–H and O–H groups in total. The van der Waals surface area contributed by atoms with Crippen LogP contribution < -0.4 is 10.6 Å². The standard InChI is InChI=1S/C22H24N6OS/c1-16(2)17-8-10-20(11-9-17)29-14-21-24-25-22(28(21)23)30-15-18-12-13-27(26-18)19-6-4-3-5-7-19/h3-13,16H,14-15,23H2,1-2H3. The van der Waals surface area contributed by atoms with Crippen molar-refractivity contribution in [2.45, 2.75) is 37.3 Å². The van der Waals surface area contributed by atoms with E-state index in [4.69, 9.17) is 10.6 Å². The van der Waals surface area contributed by atoms with Crippen LogP contribution in [0.2, 0.25) is 0 Å². The fraction of sp³-hybridized carbons (Fsp3) is 0.227. The second-order valence-corrected chi connectivity index (χ2v) is 8.10. The quantitative estimate of drug-likeness (QED) is 0.340. The number of nitrogen functional groups attached to an aromatic ring is 1. The van der Waals surface area contributed by atoms with E-state index in [1.807, 2.05) is 59.4 Å². The van der Waals surface area contributed by atoms with E-state index in [2.05, 4.69) is 41.3 Å². The van der Waals surface area contributed by atoms with Crippen molar-refractivity contribution in [2.75, 3.05) is 5.84 Å². The fourth-order valence-electron chi connectivity index (χ4n) is 2.90. The van der Waals surface area contributed by atoms with Crippen LogP contribution in [0.1, 0.15) is 36.8 Å². The van der Waals surface area contributed by atoms with Gasteiger partial charge < -0.3 is 10.6 Å². The molecule has 2 aromatic carbocycles. The number of para-hydroxylation sites is 1. The van der Waals surface area contributed by atoms with Gasteiger partial charge in [-0.05, 0) is 41.8 Å². The highest BCUT2D eigenvalue weighted by atomic mass is 32.2. The third kappa shape index (κ3) is 4.65. The summed E-state index contributed by atoms with van der Waals surface area (Å²) in [6, 6.07) is 20.1. The van der Waals surface area contributed by atoms with E-state index in [1.54, 1.807) is 0 Å². The molecular weight excluding hydrogens is 396 g/mol. The summed E-state index contributed by atoms with van der Waals surface area (Å²) in [5.74, 6) is 8.64. The Kier molecular flexibility index (Phi) is 6.04. The average molecular weight is 421 g/mol. The van der Waals surface area contributed by atoms with Gasteiger partial charge >= 0.3 is 0 Å². The third-order valence-corrected chi connectivity index (χ3v) is 5.64. The molecule has 2 aromatic heterocycles. The van der Waals surface area contributed by atoms with Crippen molar-refractivity contribution in [1.29, 1.82) is 0 Å². The first-order valence-electron chi connectivity index (χ1n) is 9.75. The Bertz CT molecular complexity index is 1090. The lowest BCUT2D eigenvalue weighted by molar-refractivity contribution is 0.291. The summed E-state index contributed by atoms with van der Waals surface area (Å²) in [6.07, 6.45) is 1.95. The molecule has 0 atom stereocenters. The number of rotatable bonds is 8. The van der Waals surface area contributed by atoms with Crippen molar-refractivity contribution >= 4 is 11.8 Å². The Morgan fingerprint density at radius 2 is 1.77 bits per heavy atom. The molecule has 0 unspecified atom stereocenters. The predicted molar refractivity (Wildman–Crippen MR) is 118 cm³/mol. The minimum absolute atomic E-state index is 0.258. The van der Waals surface area contributed by atoms with Crippen LogP contribution >= 0.6 is 11.8 Å². The molecule has 2 heterocycles. The minimum atomic E-state index is 0.258. The molecule has 8 heteroatoms. The van der Waals surface area contributed by atoms with Gasteiger partial charge in [0, 0.05) is 11.9 Å². The Morgan fingerprint density at radius 3 is 2.50 bits per heavy atom. The van der Waals surface area contributed by atoms with E-state index in [9.17, 15) is 0 Å². The smallest absolute Gasteiger partial charge is 0.210 e. The number of benzene rings is 2. The zero-order valence-corrected chi connectivity index (χ0v) is 17.8. The summed E-state index contributed by atoms with van der Waals surface area (Å²) in [4.78, 5) is 0. The molecule has 0 amide bonds. The number of aromatic nitrogens is 5. The third-order valence-electron chi connectivity index (χ3n) is 4.66. The van der Waals surface area contributed by atoms with Crippen LogP contribution in [0.15, 0.2) is 72.0 Å². The van der Waals surface area contributed by atoms with Gasteiger partial charge in [-0.2, -0.15) is 5.10 Å². The van der Waals surface area contributed by atoms with Crippen molar-refractivity contribution in [2.24, 2.45) is 0 Å². The van der Waals surface area contributed by atoms with Crippen molar-refractivity contribution in [3.8, 4) is 11.4 Å². The summed E-state index contributed by atoms with van der Waals surface area (Å²) < 4.78 is 9.14. The van der Waals surface area contributed by atoms with Crippen LogP contribution in [0.25, 0.3) is 5.69 Å². The fourth-order valence-corrected chi connectivity index (χ4v) is 3.68. The monoisotopic (exact) mass is 420 g/mol. The van der Waals surface area contributed by atoms with Crippen LogP contribution in [0.3, 0.4) is 0 Å². The van der Waals surface area contributed by atoms with Gasteiger partial charge in [0.25, 0.3) is 0 Å². The van der Waals surface area contributed by atoms with Crippen molar-refractivity contribution < 1.29 is 4.74 Å². The van der Waals surface area contributed by atoms with E-state index in [-0.39, 0.29) is 6.61 Å². The highest BCUT2D eigenvalue weighted by molar-refractivity contribution is 7.98. The molecule has 0 aliphatic carbocycles. The maximum Gasteiger partial charge on any atom is 0.210 e. The molecule has 4 rings (SSSR count). The molecule has 0 aliphatic heterocycles. The summed E-state index contributed by atoms with van der Waals surface area (Å²) in [5.41, 5.74) is 3.24. The molecule has 0 saturated heterocycles. The Balaban J connectivity index is 1.34. The molecule has 0 bridgehead atoms. The maximum atomic E-state index is 6.16. The van der Waals surface area contributed by atoms with Crippen molar-refractivity contribution in [3.63, 3.8) is 0 Å². The number of nitrogens with zero attached hydrogens (tertiary/aromatic N) is 5. The molecule has 0 fully saturated rings. The second kappa shape index (κ2) is 9.04. The zero-order valence-electron chi connectivity index (χ0n) is 17.0. The predicted octanol–water partition coefficient (Wildman–Crippen LogP) is 4.17. The maximum absolute atomic E-state index is 6.16. The molecule has 7 nitrogen and oxygen atoms in total. The highest BCUT2D eigenvalue weighted by Gasteiger charge is 2.12. The Morgan fingerprint density at radius 1 is 1.00 bits per heavy atom. The van der Waals surface area contributed by atoms with Gasteiger partial charge in [0.1, 0.15) is 12.4 Å². The van der Waals surface area contributed by atoms with Crippen LogP contribution in [0.4, 0.5) is 0 Å². The Labute approximate surface area is 179 Å². The molecule has 0 saturated carbocycles.